The predicted octanol–water partition coefficient (Wildman–Crippen LogP) is 6.58. The third kappa shape index (κ3) is 2.76. The Balaban J connectivity index is 1.15. The van der Waals surface area contributed by atoms with E-state index in [0.29, 0.717) is 28.1 Å². The zero-order valence-corrected chi connectivity index (χ0v) is 20.9. The first kappa shape index (κ1) is 21.5. The molecule has 8 rings (SSSR count). The molecule has 2 N–H and O–H groups in total. The van der Waals surface area contributed by atoms with Crippen molar-refractivity contribution in [3.05, 3.63) is 0 Å². The Kier molecular flexibility index (Phi) is 4.37. The van der Waals surface area contributed by atoms with Crippen molar-refractivity contribution in [2.75, 3.05) is 0 Å². The maximum Gasteiger partial charge on any atom is 0.0684 e. The Morgan fingerprint density at radius 2 is 1.42 bits per heavy atom. The topological polar surface area (TPSA) is 40.5 Å². The number of hydrogen-bond donors (Lipinski definition) is 2. The van der Waals surface area contributed by atoms with E-state index in [9.17, 15) is 10.2 Å². The first-order chi connectivity index (χ1) is 14.4. The van der Waals surface area contributed by atoms with Gasteiger partial charge in [-0.2, -0.15) is 0 Å². The summed E-state index contributed by atoms with van der Waals surface area (Å²) < 4.78 is 0. The maximum absolute atomic E-state index is 11.7. The van der Waals surface area contributed by atoms with Crippen molar-refractivity contribution in [3.63, 3.8) is 0 Å². The molecule has 0 aromatic carbocycles. The molecule has 176 valence electrons. The van der Waals surface area contributed by atoms with Gasteiger partial charge in [-0.3, -0.25) is 0 Å². The smallest absolute Gasteiger partial charge is 0.0684 e. The number of aliphatic hydroxyl groups is 2. The predicted molar refractivity (Wildman–Crippen MR) is 125 cm³/mol. The van der Waals surface area contributed by atoms with Gasteiger partial charge in [0, 0.05) is 0 Å². The minimum Gasteiger partial charge on any atom is -0.390 e. The van der Waals surface area contributed by atoms with E-state index < -0.39 is 11.2 Å². The van der Waals surface area contributed by atoms with Crippen LogP contribution in [0.5, 0.6) is 0 Å². The quantitative estimate of drug-likeness (QED) is 0.531. The molecule has 31 heavy (non-hydrogen) atoms. The van der Waals surface area contributed by atoms with Crippen molar-refractivity contribution in [1.82, 2.24) is 0 Å². The van der Waals surface area contributed by atoms with E-state index in [1.165, 1.54) is 51.4 Å². The summed E-state index contributed by atoms with van der Waals surface area (Å²) >= 11 is 0. The zero-order valence-electron chi connectivity index (χ0n) is 20.9. The molecular weight excluding hydrogens is 380 g/mol. The summed E-state index contributed by atoms with van der Waals surface area (Å²) in [5.74, 6) is 5.07. The molecule has 0 heterocycles. The number of fused-ring (bicyclic) bond motifs is 3. The molecule has 0 aromatic heterocycles. The average molecular weight is 429 g/mol. The van der Waals surface area contributed by atoms with Crippen molar-refractivity contribution < 1.29 is 10.2 Å². The van der Waals surface area contributed by atoms with Crippen LogP contribution in [0.3, 0.4) is 0 Å². The highest BCUT2D eigenvalue weighted by Gasteiger charge is 2.71. The first-order valence-corrected chi connectivity index (χ1v) is 13.9. The van der Waals surface area contributed by atoms with Gasteiger partial charge in [0.1, 0.15) is 0 Å². The summed E-state index contributed by atoms with van der Waals surface area (Å²) in [6.07, 6.45) is 15.4. The van der Waals surface area contributed by atoms with Crippen LogP contribution >= 0.6 is 0 Å². The fourth-order valence-electron chi connectivity index (χ4n) is 11.2. The highest BCUT2D eigenvalue weighted by Crippen LogP contribution is 2.76. The monoisotopic (exact) mass is 428 g/mol. The molecule has 4 atom stereocenters. The lowest BCUT2D eigenvalue weighted by Gasteiger charge is -2.74. The minimum atomic E-state index is -0.423. The van der Waals surface area contributed by atoms with Gasteiger partial charge in [0.05, 0.1) is 11.2 Å². The molecule has 2 heteroatoms. The van der Waals surface area contributed by atoms with Gasteiger partial charge in [-0.1, -0.05) is 47.5 Å². The summed E-state index contributed by atoms with van der Waals surface area (Å²) in [5.41, 5.74) is 0.502. The van der Waals surface area contributed by atoms with Crippen molar-refractivity contribution in [2.45, 2.75) is 123 Å². The van der Waals surface area contributed by atoms with Crippen LogP contribution in [0.15, 0.2) is 0 Å². The van der Waals surface area contributed by atoms with Gasteiger partial charge in [-0.15, -0.1) is 0 Å². The fourth-order valence-corrected chi connectivity index (χ4v) is 11.2. The van der Waals surface area contributed by atoms with Crippen LogP contribution in [0, 0.1) is 57.7 Å². The minimum absolute atomic E-state index is 0.370. The van der Waals surface area contributed by atoms with Crippen LogP contribution in [-0.2, 0) is 0 Å². The van der Waals surface area contributed by atoms with Crippen LogP contribution < -0.4 is 0 Å². The molecule has 2 unspecified atom stereocenters. The van der Waals surface area contributed by atoms with E-state index in [1.54, 1.807) is 0 Å². The third-order valence-electron chi connectivity index (χ3n) is 13.0. The lowest BCUT2D eigenvalue weighted by molar-refractivity contribution is -0.284. The first-order valence-electron chi connectivity index (χ1n) is 13.9. The molecule has 0 amide bonds. The van der Waals surface area contributed by atoms with Crippen LogP contribution in [0.1, 0.15) is 112 Å². The maximum atomic E-state index is 11.7. The van der Waals surface area contributed by atoms with Gasteiger partial charge in [0.25, 0.3) is 0 Å². The Labute approximate surface area is 191 Å². The number of rotatable bonds is 4. The Hall–Kier alpha value is -0.0800. The summed E-state index contributed by atoms with van der Waals surface area (Å²) in [4.78, 5) is 0. The van der Waals surface area contributed by atoms with E-state index in [0.717, 1.165) is 55.3 Å². The largest absolute Gasteiger partial charge is 0.390 e. The molecule has 8 aliphatic carbocycles. The highest BCUT2D eigenvalue weighted by atomic mass is 16.3. The summed E-state index contributed by atoms with van der Waals surface area (Å²) in [7, 11) is 0. The molecule has 0 aromatic rings. The molecular formula is C29H48O2. The molecule has 8 saturated carbocycles. The molecule has 0 radical (unpaired) electrons. The van der Waals surface area contributed by atoms with Crippen molar-refractivity contribution in [1.29, 1.82) is 0 Å². The molecule has 2 spiro atoms. The fraction of sp³-hybridized carbons (Fsp3) is 1.00. The van der Waals surface area contributed by atoms with Crippen molar-refractivity contribution in [3.8, 4) is 0 Å². The average Bonchev–Trinajstić information content (AvgIpc) is 2.65. The van der Waals surface area contributed by atoms with Gasteiger partial charge in [0.15, 0.2) is 0 Å². The lowest BCUT2D eigenvalue weighted by Crippen LogP contribution is -2.70. The van der Waals surface area contributed by atoms with Gasteiger partial charge < -0.3 is 10.2 Å². The second kappa shape index (κ2) is 6.32. The van der Waals surface area contributed by atoms with E-state index in [-0.39, 0.29) is 0 Å². The van der Waals surface area contributed by atoms with Crippen molar-refractivity contribution in [2.24, 2.45) is 57.7 Å². The summed E-state index contributed by atoms with van der Waals surface area (Å²) in [6.45, 7) is 11.8. The second-order valence-electron chi connectivity index (χ2n) is 15.0. The Bertz CT molecular complexity index is 730. The van der Waals surface area contributed by atoms with Crippen LogP contribution in [0.2, 0.25) is 0 Å². The zero-order chi connectivity index (χ0) is 22.0. The van der Waals surface area contributed by atoms with E-state index >= 15 is 0 Å². The normalized spacial score (nSPS) is 57.5. The van der Waals surface area contributed by atoms with Crippen LogP contribution in [-0.4, -0.2) is 21.4 Å². The van der Waals surface area contributed by atoms with Crippen LogP contribution in [0.4, 0.5) is 0 Å². The lowest BCUT2D eigenvalue weighted by atomic mass is 9.31. The molecule has 2 nitrogen and oxygen atoms in total. The number of hydrogen-bond acceptors (Lipinski definition) is 2. The molecule has 4 bridgehead atoms. The molecule has 0 saturated heterocycles. The van der Waals surface area contributed by atoms with E-state index in [1.807, 2.05) is 0 Å². The Morgan fingerprint density at radius 3 is 1.94 bits per heavy atom. The highest BCUT2D eigenvalue weighted by molar-refractivity contribution is 5.20. The Morgan fingerprint density at radius 1 is 0.806 bits per heavy atom. The second-order valence-corrected chi connectivity index (χ2v) is 15.0. The van der Waals surface area contributed by atoms with Gasteiger partial charge in [0.2, 0.25) is 0 Å². The van der Waals surface area contributed by atoms with Crippen LogP contribution in [0.25, 0.3) is 0 Å². The standard InChI is InChI=1S/C29H48O2/c1-18(2)28(30)16-27(17-28)13-21(23-11-24(27)25(23,4)5)10-19(3)29(31)14-26(15-29)12-20-6-8-22(26)9-7-20/h18-24,30-31H,6-17H2,1-5H3/t19?,20?,21?,22?,23-,24-,26?,27?,28?,29?/m0/s1. The van der Waals surface area contributed by atoms with Gasteiger partial charge in [-0.05, 0) is 122 Å². The third-order valence-corrected chi connectivity index (χ3v) is 13.0. The van der Waals surface area contributed by atoms with Gasteiger partial charge in [-0.25, -0.2) is 0 Å². The van der Waals surface area contributed by atoms with Gasteiger partial charge >= 0.3 is 0 Å². The summed E-state index contributed by atoms with van der Waals surface area (Å²) in [6, 6.07) is 0. The molecule has 0 aliphatic heterocycles. The van der Waals surface area contributed by atoms with E-state index in [2.05, 4.69) is 34.6 Å². The molecule has 8 fully saturated rings. The molecule has 8 aliphatic rings. The van der Waals surface area contributed by atoms with Crippen molar-refractivity contribution >= 4 is 0 Å². The SMILES string of the molecule is CC(C)C1(O)CC2(CC(CC(C)C3(O)CC4(CC5CCC4CC5)C3)[C@@H]3C[C@H]2C3(C)C)C1. The van der Waals surface area contributed by atoms with E-state index in [4.69, 9.17) is 0 Å². The summed E-state index contributed by atoms with van der Waals surface area (Å²) in [5, 5.41) is 22.8.